The summed E-state index contributed by atoms with van der Waals surface area (Å²) in [7, 11) is 1.64. The van der Waals surface area contributed by atoms with Crippen molar-refractivity contribution in [2.75, 3.05) is 20.2 Å². The van der Waals surface area contributed by atoms with Crippen LogP contribution in [0, 0.1) is 17.6 Å². The van der Waals surface area contributed by atoms with Crippen molar-refractivity contribution >= 4 is 5.91 Å². The Balaban J connectivity index is 1.39. The fourth-order valence-corrected chi connectivity index (χ4v) is 4.59. The molecule has 4 rings (SSSR count). The molecule has 4 nitrogen and oxygen atoms in total. The summed E-state index contributed by atoms with van der Waals surface area (Å²) in [6, 6.07) is 21.0. The smallest absolute Gasteiger partial charge is 0.224 e. The first-order valence-electron chi connectivity index (χ1n) is 11.7. The molecule has 3 aromatic rings. The van der Waals surface area contributed by atoms with E-state index in [1.165, 1.54) is 24.3 Å². The average molecular weight is 465 g/mol. The van der Waals surface area contributed by atoms with Crippen LogP contribution in [0.4, 0.5) is 8.78 Å². The number of benzene rings is 3. The summed E-state index contributed by atoms with van der Waals surface area (Å²) in [6.45, 7) is 1.76. The molecule has 1 aliphatic heterocycles. The number of piperidine rings is 1. The first-order valence-corrected chi connectivity index (χ1v) is 11.7. The third kappa shape index (κ3) is 6.20. The number of halogens is 2. The molecular formula is C28H30F2N2O2. The Morgan fingerprint density at radius 3 is 2.18 bits per heavy atom. The third-order valence-electron chi connectivity index (χ3n) is 6.48. The van der Waals surface area contributed by atoms with Gasteiger partial charge in [0.25, 0.3) is 0 Å². The van der Waals surface area contributed by atoms with Gasteiger partial charge < -0.3 is 10.1 Å². The number of nitrogens with zero attached hydrogens (tertiary/aromatic N) is 1. The lowest BCUT2D eigenvalue weighted by molar-refractivity contribution is -0.127. The van der Waals surface area contributed by atoms with E-state index in [4.69, 9.17) is 4.74 Å². The highest BCUT2D eigenvalue weighted by Crippen LogP contribution is 2.35. The molecule has 178 valence electrons. The van der Waals surface area contributed by atoms with Crippen molar-refractivity contribution in [1.82, 2.24) is 10.2 Å². The maximum atomic E-state index is 13.5. The second kappa shape index (κ2) is 11.3. The lowest BCUT2D eigenvalue weighted by Gasteiger charge is -2.39. The van der Waals surface area contributed by atoms with Gasteiger partial charge in [0.2, 0.25) is 5.91 Å². The van der Waals surface area contributed by atoms with Crippen molar-refractivity contribution in [3.8, 4) is 5.75 Å². The van der Waals surface area contributed by atoms with Crippen molar-refractivity contribution in [3.63, 3.8) is 0 Å². The monoisotopic (exact) mass is 464 g/mol. The summed E-state index contributed by atoms with van der Waals surface area (Å²) in [5.74, 6) is 0.195. The van der Waals surface area contributed by atoms with Crippen LogP contribution in [0.15, 0.2) is 72.8 Å². The molecule has 0 saturated carbocycles. The molecule has 6 heteroatoms. The minimum absolute atomic E-state index is 0.0511. The Labute approximate surface area is 199 Å². The number of carbonyl (C=O) groups excluding carboxylic acids is 1. The van der Waals surface area contributed by atoms with Crippen LogP contribution in [0.1, 0.15) is 35.6 Å². The van der Waals surface area contributed by atoms with E-state index in [9.17, 15) is 13.6 Å². The first kappa shape index (κ1) is 23.9. The molecule has 0 aliphatic carbocycles. The van der Waals surface area contributed by atoms with Gasteiger partial charge >= 0.3 is 0 Å². The largest absolute Gasteiger partial charge is 0.497 e. The second-order valence-corrected chi connectivity index (χ2v) is 8.79. The molecular weight excluding hydrogens is 434 g/mol. The summed E-state index contributed by atoms with van der Waals surface area (Å²) < 4.78 is 32.0. The lowest BCUT2D eigenvalue weighted by atomic mass is 9.88. The van der Waals surface area contributed by atoms with E-state index in [0.29, 0.717) is 19.6 Å². The van der Waals surface area contributed by atoms with Gasteiger partial charge in [-0.05, 0) is 72.4 Å². The van der Waals surface area contributed by atoms with Crippen molar-refractivity contribution in [3.05, 3.63) is 101 Å². The van der Waals surface area contributed by atoms with Crippen LogP contribution in [-0.4, -0.2) is 31.0 Å². The van der Waals surface area contributed by atoms with Gasteiger partial charge in [0.1, 0.15) is 17.4 Å². The second-order valence-electron chi connectivity index (χ2n) is 8.79. The number of ether oxygens (including phenoxy) is 1. The number of methoxy groups -OCH3 is 1. The Hall–Kier alpha value is -3.25. The highest BCUT2D eigenvalue weighted by Gasteiger charge is 2.32. The molecule has 1 amide bonds. The van der Waals surface area contributed by atoms with Gasteiger partial charge in [-0.15, -0.1) is 0 Å². The molecule has 0 bridgehead atoms. The molecule has 34 heavy (non-hydrogen) atoms. The van der Waals surface area contributed by atoms with Gasteiger partial charge in [0, 0.05) is 25.7 Å². The summed E-state index contributed by atoms with van der Waals surface area (Å²) >= 11 is 0. The Bertz CT molecular complexity index is 1070. The number of carbonyl (C=O) groups is 1. The van der Waals surface area contributed by atoms with Crippen LogP contribution in [0.25, 0.3) is 0 Å². The third-order valence-corrected chi connectivity index (χ3v) is 6.48. The molecule has 0 radical (unpaired) electrons. The van der Waals surface area contributed by atoms with Crippen LogP contribution in [-0.2, 0) is 17.8 Å². The minimum atomic E-state index is -0.272. The van der Waals surface area contributed by atoms with Gasteiger partial charge in [-0.1, -0.05) is 36.4 Å². The SMILES string of the molecule is COc1ccc(CCNC(=O)C2CCC(c3ccc(F)cc3)N(Cc3ccc(F)cc3)C2)cc1. The normalized spacial score (nSPS) is 18.4. The zero-order valence-corrected chi connectivity index (χ0v) is 19.3. The van der Waals surface area contributed by atoms with Crippen molar-refractivity contribution in [1.29, 1.82) is 0 Å². The fourth-order valence-electron chi connectivity index (χ4n) is 4.59. The molecule has 1 aliphatic rings. The number of amides is 1. The molecule has 0 spiro atoms. The van der Waals surface area contributed by atoms with E-state index >= 15 is 0 Å². The Morgan fingerprint density at radius 2 is 1.53 bits per heavy atom. The molecule has 2 atom stereocenters. The summed E-state index contributed by atoms with van der Waals surface area (Å²) in [6.07, 6.45) is 2.31. The van der Waals surface area contributed by atoms with E-state index in [0.717, 1.165) is 41.7 Å². The van der Waals surface area contributed by atoms with E-state index < -0.39 is 0 Å². The highest BCUT2D eigenvalue weighted by molar-refractivity contribution is 5.79. The van der Waals surface area contributed by atoms with Crippen LogP contribution in [0.3, 0.4) is 0 Å². The van der Waals surface area contributed by atoms with Crippen LogP contribution < -0.4 is 10.1 Å². The van der Waals surface area contributed by atoms with E-state index in [2.05, 4.69) is 10.2 Å². The number of nitrogens with one attached hydrogen (secondary N) is 1. The molecule has 2 unspecified atom stereocenters. The van der Waals surface area contributed by atoms with Crippen molar-refractivity contribution in [2.45, 2.75) is 31.8 Å². The summed E-state index contributed by atoms with van der Waals surface area (Å²) in [5.41, 5.74) is 3.15. The number of rotatable bonds is 8. The van der Waals surface area contributed by atoms with E-state index in [-0.39, 0.29) is 29.5 Å². The van der Waals surface area contributed by atoms with Gasteiger partial charge in [0.05, 0.1) is 13.0 Å². The van der Waals surface area contributed by atoms with E-state index in [1.807, 2.05) is 36.4 Å². The first-order chi connectivity index (χ1) is 16.5. The number of likely N-dealkylation sites (tertiary alicyclic amines) is 1. The van der Waals surface area contributed by atoms with Crippen LogP contribution >= 0.6 is 0 Å². The topological polar surface area (TPSA) is 41.6 Å². The molecule has 3 aromatic carbocycles. The van der Waals surface area contributed by atoms with Crippen LogP contribution in [0.2, 0.25) is 0 Å². The molecule has 1 saturated heterocycles. The minimum Gasteiger partial charge on any atom is -0.497 e. The standard InChI is InChI=1S/C28H30F2N2O2/c1-34-26-13-4-20(5-14-26)16-17-31-28(33)23-8-15-27(22-6-11-25(30)12-7-22)32(19-23)18-21-2-9-24(29)10-3-21/h2-7,9-14,23,27H,8,15-19H2,1H3,(H,31,33). The maximum Gasteiger partial charge on any atom is 0.224 e. The fraction of sp³-hybridized carbons (Fsp3) is 0.321. The quantitative estimate of drug-likeness (QED) is 0.493. The van der Waals surface area contributed by atoms with Gasteiger partial charge in [0.15, 0.2) is 0 Å². The summed E-state index contributed by atoms with van der Waals surface area (Å²) in [4.78, 5) is 15.2. The number of hydrogen-bond donors (Lipinski definition) is 1. The van der Waals surface area contributed by atoms with Gasteiger partial charge in [-0.25, -0.2) is 8.78 Å². The number of hydrogen-bond acceptors (Lipinski definition) is 3. The highest BCUT2D eigenvalue weighted by atomic mass is 19.1. The summed E-state index contributed by atoms with van der Waals surface area (Å²) in [5, 5.41) is 3.09. The van der Waals surface area contributed by atoms with Gasteiger partial charge in [-0.3, -0.25) is 9.69 Å². The zero-order chi connectivity index (χ0) is 23.9. The lowest BCUT2D eigenvalue weighted by Crippen LogP contribution is -2.44. The average Bonchev–Trinajstić information content (AvgIpc) is 2.86. The Kier molecular flexibility index (Phi) is 7.91. The van der Waals surface area contributed by atoms with Gasteiger partial charge in [-0.2, -0.15) is 0 Å². The predicted octanol–water partition coefficient (Wildman–Crippen LogP) is 5.29. The zero-order valence-electron chi connectivity index (χ0n) is 19.3. The van der Waals surface area contributed by atoms with Crippen molar-refractivity contribution < 1.29 is 18.3 Å². The predicted molar refractivity (Wildman–Crippen MR) is 128 cm³/mol. The molecule has 0 aromatic heterocycles. The molecule has 1 fully saturated rings. The van der Waals surface area contributed by atoms with Crippen LogP contribution in [0.5, 0.6) is 5.75 Å². The molecule has 1 N–H and O–H groups in total. The molecule has 1 heterocycles. The maximum absolute atomic E-state index is 13.5. The van der Waals surface area contributed by atoms with E-state index in [1.54, 1.807) is 19.2 Å². The van der Waals surface area contributed by atoms with Crippen molar-refractivity contribution in [2.24, 2.45) is 5.92 Å². The Morgan fingerprint density at radius 1 is 0.912 bits per heavy atom.